The van der Waals surface area contributed by atoms with E-state index < -0.39 is 0 Å². The van der Waals surface area contributed by atoms with Gasteiger partial charge in [-0.15, -0.1) is 0 Å². The van der Waals surface area contributed by atoms with Crippen LogP contribution in [0.3, 0.4) is 0 Å². The van der Waals surface area contributed by atoms with Crippen molar-refractivity contribution in [3.05, 3.63) is 24.3 Å². The molecule has 0 saturated carbocycles. The molecule has 80 valence electrons. The molecule has 3 nitrogen and oxygen atoms in total. The zero-order valence-electron chi connectivity index (χ0n) is 9.03. The zero-order valence-corrected chi connectivity index (χ0v) is 9.84. The van der Waals surface area contributed by atoms with Gasteiger partial charge < -0.3 is 10.2 Å². The molecule has 1 N–H and O–H groups in total. The Morgan fingerprint density at radius 3 is 3.00 bits per heavy atom. The van der Waals surface area contributed by atoms with Gasteiger partial charge in [0.05, 0.1) is 5.52 Å². The van der Waals surface area contributed by atoms with Crippen molar-refractivity contribution in [1.29, 1.82) is 0 Å². The van der Waals surface area contributed by atoms with E-state index >= 15 is 0 Å². The zero-order chi connectivity index (χ0) is 10.7. The summed E-state index contributed by atoms with van der Waals surface area (Å²) in [6.07, 6.45) is 0. The van der Waals surface area contributed by atoms with E-state index in [1.807, 2.05) is 13.1 Å². The number of benzene rings is 1. The molecular weight excluding hydrogens is 206 g/mol. The number of anilines is 1. The van der Waals surface area contributed by atoms with Gasteiger partial charge >= 0.3 is 0 Å². The van der Waals surface area contributed by atoms with Crippen molar-refractivity contribution < 1.29 is 0 Å². The van der Waals surface area contributed by atoms with Crippen molar-refractivity contribution in [3.8, 4) is 0 Å². The molecule has 0 aliphatic carbocycles. The second-order valence-electron chi connectivity index (χ2n) is 3.53. The minimum atomic E-state index is 0.989. The molecule has 0 atom stereocenters. The van der Waals surface area contributed by atoms with Crippen LogP contribution in [0, 0.1) is 0 Å². The van der Waals surface area contributed by atoms with Gasteiger partial charge in [0, 0.05) is 25.5 Å². The van der Waals surface area contributed by atoms with Gasteiger partial charge in [0.2, 0.25) is 0 Å². The monoisotopic (exact) mass is 221 g/mol. The number of aromatic nitrogens is 1. The van der Waals surface area contributed by atoms with Gasteiger partial charge in [0.15, 0.2) is 0 Å². The van der Waals surface area contributed by atoms with Crippen LogP contribution in [0.1, 0.15) is 0 Å². The summed E-state index contributed by atoms with van der Waals surface area (Å²) in [5, 5.41) is 5.65. The Morgan fingerprint density at radius 2 is 2.20 bits per heavy atom. The molecule has 1 aromatic heterocycles. The number of hydrogen-bond donors (Lipinski definition) is 1. The topological polar surface area (TPSA) is 28.2 Å². The van der Waals surface area contributed by atoms with E-state index in [0.717, 1.165) is 18.6 Å². The number of nitrogens with one attached hydrogen (secondary N) is 1. The molecule has 2 rings (SSSR count). The summed E-state index contributed by atoms with van der Waals surface area (Å²) in [5.41, 5.74) is 1.09. The van der Waals surface area contributed by atoms with Gasteiger partial charge in [-0.3, -0.25) is 0 Å². The third-order valence-electron chi connectivity index (χ3n) is 2.41. The van der Waals surface area contributed by atoms with Crippen LogP contribution in [0.5, 0.6) is 0 Å². The molecule has 0 bridgehead atoms. The molecule has 0 unspecified atom stereocenters. The molecule has 15 heavy (non-hydrogen) atoms. The van der Waals surface area contributed by atoms with Crippen LogP contribution in [-0.4, -0.2) is 31.6 Å². The SMILES string of the molecule is CNCCN(C)c1snc2ccccc12. The van der Waals surface area contributed by atoms with E-state index in [-0.39, 0.29) is 0 Å². The maximum atomic E-state index is 4.43. The minimum Gasteiger partial charge on any atom is -0.363 e. The quantitative estimate of drug-likeness (QED) is 0.855. The summed E-state index contributed by atoms with van der Waals surface area (Å²) in [6, 6.07) is 8.27. The summed E-state index contributed by atoms with van der Waals surface area (Å²) in [5.74, 6) is 0. The average molecular weight is 221 g/mol. The lowest BCUT2D eigenvalue weighted by atomic mass is 10.2. The fourth-order valence-electron chi connectivity index (χ4n) is 1.53. The third kappa shape index (κ3) is 2.11. The van der Waals surface area contributed by atoms with E-state index in [1.54, 1.807) is 11.5 Å². The van der Waals surface area contributed by atoms with Crippen molar-refractivity contribution >= 4 is 27.4 Å². The highest BCUT2D eigenvalue weighted by molar-refractivity contribution is 7.11. The Balaban J connectivity index is 2.27. The van der Waals surface area contributed by atoms with E-state index in [9.17, 15) is 0 Å². The first-order valence-corrected chi connectivity index (χ1v) is 5.80. The van der Waals surface area contributed by atoms with E-state index in [1.165, 1.54) is 10.4 Å². The van der Waals surface area contributed by atoms with Crippen LogP contribution in [0.2, 0.25) is 0 Å². The smallest absolute Gasteiger partial charge is 0.119 e. The van der Waals surface area contributed by atoms with E-state index in [0.29, 0.717) is 0 Å². The molecule has 1 heterocycles. The molecule has 1 aromatic carbocycles. The molecule has 0 spiro atoms. The fraction of sp³-hybridized carbons (Fsp3) is 0.364. The molecule has 0 aliphatic heterocycles. The van der Waals surface area contributed by atoms with Crippen LogP contribution in [0.25, 0.3) is 10.9 Å². The van der Waals surface area contributed by atoms with Crippen molar-refractivity contribution in [3.63, 3.8) is 0 Å². The van der Waals surface area contributed by atoms with Crippen molar-refractivity contribution in [1.82, 2.24) is 9.69 Å². The first-order chi connectivity index (χ1) is 7.33. The second-order valence-corrected chi connectivity index (χ2v) is 4.28. The average Bonchev–Trinajstić information content (AvgIpc) is 2.69. The highest BCUT2D eigenvalue weighted by atomic mass is 32.1. The number of hydrogen-bond acceptors (Lipinski definition) is 4. The van der Waals surface area contributed by atoms with Gasteiger partial charge in [0.25, 0.3) is 0 Å². The number of nitrogens with zero attached hydrogens (tertiary/aromatic N) is 2. The lowest BCUT2D eigenvalue weighted by Gasteiger charge is -2.16. The normalized spacial score (nSPS) is 10.8. The molecule has 0 saturated heterocycles. The predicted octanol–water partition coefficient (Wildman–Crippen LogP) is 1.95. The van der Waals surface area contributed by atoms with Gasteiger partial charge in [0.1, 0.15) is 5.00 Å². The van der Waals surface area contributed by atoms with E-state index in [2.05, 4.69) is 39.8 Å². The minimum absolute atomic E-state index is 0.989. The van der Waals surface area contributed by atoms with Gasteiger partial charge in [-0.1, -0.05) is 12.1 Å². The maximum Gasteiger partial charge on any atom is 0.119 e. The van der Waals surface area contributed by atoms with Crippen molar-refractivity contribution in [2.24, 2.45) is 0 Å². The van der Waals surface area contributed by atoms with Gasteiger partial charge in [-0.25, -0.2) is 0 Å². The maximum absolute atomic E-state index is 4.43. The van der Waals surface area contributed by atoms with Crippen LogP contribution in [-0.2, 0) is 0 Å². The number of rotatable bonds is 4. The van der Waals surface area contributed by atoms with Crippen LogP contribution >= 0.6 is 11.5 Å². The first-order valence-electron chi connectivity index (χ1n) is 5.03. The number of likely N-dealkylation sites (N-methyl/N-ethyl adjacent to an activating group) is 2. The van der Waals surface area contributed by atoms with Gasteiger partial charge in [-0.05, 0) is 30.7 Å². The van der Waals surface area contributed by atoms with Gasteiger partial charge in [-0.2, -0.15) is 4.37 Å². The molecule has 4 heteroatoms. The summed E-state index contributed by atoms with van der Waals surface area (Å²) < 4.78 is 4.43. The van der Waals surface area contributed by atoms with Crippen LogP contribution in [0.15, 0.2) is 24.3 Å². The molecule has 2 aromatic rings. The Morgan fingerprint density at radius 1 is 1.40 bits per heavy atom. The molecule has 0 radical (unpaired) electrons. The lowest BCUT2D eigenvalue weighted by Crippen LogP contribution is -2.26. The van der Waals surface area contributed by atoms with Crippen LogP contribution in [0.4, 0.5) is 5.00 Å². The predicted molar refractivity (Wildman–Crippen MR) is 66.8 cm³/mol. The largest absolute Gasteiger partial charge is 0.363 e. The first kappa shape index (κ1) is 10.4. The Kier molecular flexibility index (Phi) is 3.18. The highest BCUT2D eigenvalue weighted by Crippen LogP contribution is 2.29. The summed E-state index contributed by atoms with van der Waals surface area (Å²) >= 11 is 1.57. The molecule has 0 fully saturated rings. The summed E-state index contributed by atoms with van der Waals surface area (Å²) in [4.78, 5) is 2.25. The third-order valence-corrected chi connectivity index (χ3v) is 3.40. The molecule has 0 amide bonds. The molecule has 0 aliphatic rings. The standard InChI is InChI=1S/C11H15N3S/c1-12-7-8-14(2)11-9-5-3-4-6-10(9)13-15-11/h3-6,12H,7-8H2,1-2H3. The second kappa shape index (κ2) is 4.59. The Bertz CT molecular complexity index is 438. The Labute approximate surface area is 93.9 Å². The van der Waals surface area contributed by atoms with Crippen molar-refractivity contribution in [2.45, 2.75) is 0 Å². The fourth-order valence-corrected chi connectivity index (χ4v) is 2.38. The highest BCUT2D eigenvalue weighted by Gasteiger charge is 2.08. The summed E-state index contributed by atoms with van der Waals surface area (Å²) in [7, 11) is 4.08. The van der Waals surface area contributed by atoms with Crippen molar-refractivity contribution in [2.75, 3.05) is 32.1 Å². The lowest BCUT2D eigenvalue weighted by molar-refractivity contribution is 0.772. The summed E-state index contributed by atoms with van der Waals surface area (Å²) in [6.45, 7) is 1.99. The van der Waals surface area contributed by atoms with E-state index in [4.69, 9.17) is 0 Å². The molecular formula is C11H15N3S. The van der Waals surface area contributed by atoms with Crippen LogP contribution < -0.4 is 10.2 Å². The Hall–Kier alpha value is -1.13. The number of fused-ring (bicyclic) bond motifs is 1.